The molecule has 1 heterocycles. The Balaban J connectivity index is 2.29. The van der Waals surface area contributed by atoms with Crippen LogP contribution in [0.5, 0.6) is 5.75 Å². The molecule has 0 radical (unpaired) electrons. The highest BCUT2D eigenvalue weighted by atomic mass is 19.4. The van der Waals surface area contributed by atoms with Crippen LogP contribution in [0.3, 0.4) is 0 Å². The van der Waals surface area contributed by atoms with Gasteiger partial charge in [0.05, 0.1) is 12.2 Å². The number of benzene rings is 1. The van der Waals surface area contributed by atoms with Crippen LogP contribution in [0.4, 0.5) is 13.2 Å². The Morgan fingerprint density at radius 2 is 2.15 bits per heavy atom. The van der Waals surface area contributed by atoms with Gasteiger partial charge in [-0.2, -0.15) is 13.2 Å². The van der Waals surface area contributed by atoms with Gasteiger partial charge in [-0.1, -0.05) is 6.07 Å². The number of hydrogen-bond donors (Lipinski definition) is 1. The largest absolute Gasteiger partial charge is 0.480 e. The highest BCUT2D eigenvalue weighted by molar-refractivity contribution is 5.83. The maximum absolute atomic E-state index is 13.0. The van der Waals surface area contributed by atoms with Gasteiger partial charge in [0.15, 0.2) is 6.10 Å². The molecular weight excluding hydrogens is 275 g/mol. The molecule has 1 amide bonds. The molecule has 1 aromatic rings. The van der Waals surface area contributed by atoms with Gasteiger partial charge in [0, 0.05) is 20.0 Å². The van der Waals surface area contributed by atoms with E-state index in [2.05, 4.69) is 0 Å². The molecule has 0 aliphatic carbocycles. The van der Waals surface area contributed by atoms with Gasteiger partial charge in [-0.05, 0) is 17.7 Å². The molecule has 1 unspecified atom stereocenters. The number of likely N-dealkylation sites (tertiary alicyclic amines) is 1. The number of halogens is 3. The van der Waals surface area contributed by atoms with Crippen molar-refractivity contribution in [1.29, 1.82) is 0 Å². The van der Waals surface area contributed by atoms with E-state index in [4.69, 9.17) is 9.84 Å². The molecule has 20 heavy (non-hydrogen) atoms. The highest BCUT2D eigenvalue weighted by Gasteiger charge is 2.37. The SMILES string of the molecule is CN1CCC(Oc2ccc(CO)cc2C(F)(F)F)C1=O. The fourth-order valence-electron chi connectivity index (χ4n) is 2.05. The average molecular weight is 289 g/mol. The summed E-state index contributed by atoms with van der Waals surface area (Å²) in [5.41, 5.74) is -0.842. The van der Waals surface area contributed by atoms with Crippen LogP contribution in [0.1, 0.15) is 17.5 Å². The molecule has 0 spiro atoms. The number of alkyl halides is 3. The van der Waals surface area contributed by atoms with Gasteiger partial charge in [0.2, 0.25) is 0 Å². The molecule has 2 rings (SSSR count). The van der Waals surface area contributed by atoms with Crippen LogP contribution in [0, 0.1) is 0 Å². The van der Waals surface area contributed by atoms with Crippen LogP contribution in [-0.2, 0) is 17.6 Å². The second-order valence-corrected chi connectivity index (χ2v) is 4.64. The number of amides is 1. The minimum atomic E-state index is -4.60. The number of aliphatic hydroxyl groups is 1. The molecular formula is C13H14F3NO3. The lowest BCUT2D eigenvalue weighted by Crippen LogP contribution is -2.30. The maximum atomic E-state index is 13.0. The number of hydrogen-bond acceptors (Lipinski definition) is 3. The number of likely N-dealkylation sites (N-methyl/N-ethyl adjacent to an activating group) is 1. The maximum Gasteiger partial charge on any atom is 0.419 e. The van der Waals surface area contributed by atoms with E-state index in [0.717, 1.165) is 12.1 Å². The Kier molecular flexibility index (Phi) is 3.89. The summed E-state index contributed by atoms with van der Waals surface area (Å²) in [5.74, 6) is -0.715. The summed E-state index contributed by atoms with van der Waals surface area (Å²) in [6.45, 7) is -0.0337. The van der Waals surface area contributed by atoms with Crippen molar-refractivity contribution in [1.82, 2.24) is 4.90 Å². The summed E-state index contributed by atoms with van der Waals surface area (Å²) in [6.07, 6.45) is -5.14. The lowest BCUT2D eigenvalue weighted by atomic mass is 10.1. The van der Waals surface area contributed by atoms with E-state index in [0.29, 0.717) is 13.0 Å². The van der Waals surface area contributed by atoms with Gasteiger partial charge >= 0.3 is 6.18 Å². The second-order valence-electron chi connectivity index (χ2n) is 4.64. The van der Waals surface area contributed by atoms with E-state index in [9.17, 15) is 18.0 Å². The van der Waals surface area contributed by atoms with Crippen LogP contribution in [0.15, 0.2) is 18.2 Å². The van der Waals surface area contributed by atoms with E-state index >= 15 is 0 Å². The Morgan fingerprint density at radius 1 is 1.45 bits per heavy atom. The molecule has 1 aromatic carbocycles. The lowest BCUT2D eigenvalue weighted by Gasteiger charge is -2.18. The van der Waals surface area contributed by atoms with Crippen LogP contribution >= 0.6 is 0 Å². The van der Waals surface area contributed by atoms with Crippen molar-refractivity contribution in [3.63, 3.8) is 0 Å². The first-order valence-corrected chi connectivity index (χ1v) is 6.05. The summed E-state index contributed by atoms with van der Waals surface area (Å²) < 4.78 is 44.1. The summed E-state index contributed by atoms with van der Waals surface area (Å²) in [5, 5.41) is 8.91. The predicted molar refractivity (Wildman–Crippen MR) is 64.0 cm³/mol. The number of nitrogens with zero attached hydrogens (tertiary/aromatic N) is 1. The zero-order chi connectivity index (χ0) is 14.9. The van der Waals surface area contributed by atoms with Crippen LogP contribution in [0.25, 0.3) is 0 Å². The van der Waals surface area contributed by atoms with Gasteiger partial charge in [0.1, 0.15) is 5.75 Å². The smallest absolute Gasteiger partial charge is 0.419 e. The van der Waals surface area contributed by atoms with Gasteiger partial charge in [-0.3, -0.25) is 4.79 Å². The Labute approximate surface area is 113 Å². The van der Waals surface area contributed by atoms with Gasteiger partial charge < -0.3 is 14.7 Å². The molecule has 1 fully saturated rings. The summed E-state index contributed by atoms with van der Waals surface area (Å²) >= 11 is 0. The third-order valence-electron chi connectivity index (χ3n) is 3.18. The third-order valence-corrected chi connectivity index (χ3v) is 3.18. The first-order chi connectivity index (χ1) is 9.32. The van der Waals surface area contributed by atoms with Crippen LogP contribution < -0.4 is 4.74 Å². The number of carbonyl (C=O) groups is 1. The fraction of sp³-hybridized carbons (Fsp3) is 0.462. The molecule has 1 aliphatic rings. The molecule has 7 heteroatoms. The summed E-state index contributed by atoms with van der Waals surface area (Å²) in [6, 6.07) is 3.31. The van der Waals surface area contributed by atoms with E-state index in [1.165, 1.54) is 11.0 Å². The predicted octanol–water partition coefficient (Wildman–Crippen LogP) is 1.81. The minimum absolute atomic E-state index is 0.138. The van der Waals surface area contributed by atoms with E-state index in [1.807, 2.05) is 0 Å². The molecule has 1 saturated heterocycles. The molecule has 1 aliphatic heterocycles. The van der Waals surface area contributed by atoms with Gasteiger partial charge in [0.25, 0.3) is 5.91 Å². The zero-order valence-corrected chi connectivity index (χ0v) is 10.8. The van der Waals surface area contributed by atoms with E-state index in [-0.39, 0.29) is 17.2 Å². The molecule has 0 bridgehead atoms. The van der Waals surface area contributed by atoms with Crippen molar-refractivity contribution in [2.24, 2.45) is 0 Å². The topological polar surface area (TPSA) is 49.8 Å². The number of rotatable bonds is 3. The molecule has 110 valence electrons. The molecule has 0 saturated carbocycles. The first kappa shape index (κ1) is 14.6. The molecule has 4 nitrogen and oxygen atoms in total. The van der Waals surface area contributed by atoms with E-state index in [1.54, 1.807) is 7.05 Å². The van der Waals surface area contributed by atoms with Crippen molar-refractivity contribution in [2.45, 2.75) is 25.3 Å². The first-order valence-electron chi connectivity index (χ1n) is 6.05. The van der Waals surface area contributed by atoms with Gasteiger partial charge in [-0.25, -0.2) is 0 Å². The lowest BCUT2D eigenvalue weighted by molar-refractivity contribution is -0.141. The van der Waals surface area contributed by atoms with Crippen molar-refractivity contribution >= 4 is 5.91 Å². The van der Waals surface area contributed by atoms with Crippen molar-refractivity contribution in [3.8, 4) is 5.75 Å². The highest BCUT2D eigenvalue weighted by Crippen LogP contribution is 2.37. The average Bonchev–Trinajstić information content (AvgIpc) is 2.70. The Morgan fingerprint density at radius 3 is 2.65 bits per heavy atom. The number of carbonyl (C=O) groups excluding carboxylic acids is 1. The quantitative estimate of drug-likeness (QED) is 0.923. The number of ether oxygens (including phenoxy) is 1. The minimum Gasteiger partial charge on any atom is -0.480 e. The van der Waals surface area contributed by atoms with Crippen LogP contribution in [0.2, 0.25) is 0 Å². The molecule has 0 aromatic heterocycles. The van der Waals surface area contributed by atoms with Crippen molar-refractivity contribution < 1.29 is 27.8 Å². The van der Waals surface area contributed by atoms with Crippen LogP contribution in [-0.4, -0.2) is 35.6 Å². The third kappa shape index (κ3) is 2.87. The fourth-order valence-corrected chi connectivity index (χ4v) is 2.05. The number of aliphatic hydroxyl groups excluding tert-OH is 1. The Bertz CT molecular complexity index is 516. The van der Waals surface area contributed by atoms with Gasteiger partial charge in [-0.15, -0.1) is 0 Å². The zero-order valence-electron chi connectivity index (χ0n) is 10.8. The molecule has 1 N–H and O–H groups in total. The molecule has 1 atom stereocenters. The summed E-state index contributed by atoms with van der Waals surface area (Å²) in [7, 11) is 1.57. The monoisotopic (exact) mass is 289 g/mol. The Hall–Kier alpha value is -1.76. The standard InChI is InChI=1S/C13H14F3NO3/c1-17-5-4-11(12(17)19)20-10-3-2-8(7-18)6-9(10)13(14,15)16/h2-3,6,11,18H,4-5,7H2,1H3. The van der Waals surface area contributed by atoms with Crippen molar-refractivity contribution in [2.75, 3.05) is 13.6 Å². The van der Waals surface area contributed by atoms with Crippen molar-refractivity contribution in [3.05, 3.63) is 29.3 Å². The van der Waals surface area contributed by atoms with E-state index < -0.39 is 24.5 Å². The summed E-state index contributed by atoms with van der Waals surface area (Å²) in [4.78, 5) is 13.1. The normalized spacial score (nSPS) is 19.6. The second kappa shape index (κ2) is 5.32.